The Morgan fingerprint density at radius 1 is 1.23 bits per heavy atom. The Morgan fingerprint density at radius 2 is 2.08 bits per heavy atom. The molecule has 1 aromatic carbocycles. The molecular formula is C12H11Cl. The quantitative estimate of drug-likeness (QED) is 0.666. The van der Waals surface area contributed by atoms with Crippen LogP contribution in [0.1, 0.15) is 12.0 Å². The van der Waals surface area contributed by atoms with Gasteiger partial charge in [-0.3, -0.25) is 0 Å². The van der Waals surface area contributed by atoms with E-state index in [0.717, 1.165) is 17.9 Å². The molecule has 0 nitrogen and oxygen atoms in total. The summed E-state index contributed by atoms with van der Waals surface area (Å²) in [7, 11) is 0. The fourth-order valence-corrected chi connectivity index (χ4v) is 1.71. The Hall–Kier alpha value is -1.01. The number of rotatable bonds is 2. The molecule has 0 radical (unpaired) electrons. The van der Waals surface area contributed by atoms with Crippen LogP contribution in [0.5, 0.6) is 0 Å². The van der Waals surface area contributed by atoms with Gasteiger partial charge in [-0.2, -0.15) is 0 Å². The predicted molar refractivity (Wildman–Crippen MR) is 57.0 cm³/mol. The van der Waals surface area contributed by atoms with E-state index < -0.39 is 0 Å². The van der Waals surface area contributed by atoms with Gasteiger partial charge in [0.25, 0.3) is 0 Å². The van der Waals surface area contributed by atoms with Crippen LogP contribution in [0.15, 0.2) is 48.1 Å². The molecule has 0 aliphatic heterocycles. The number of benzene rings is 1. The summed E-state index contributed by atoms with van der Waals surface area (Å²) < 4.78 is 0. The minimum Gasteiger partial charge on any atom is -0.0840 e. The van der Waals surface area contributed by atoms with Crippen LogP contribution >= 0.6 is 11.6 Å². The second kappa shape index (κ2) is 3.80. The first-order valence-corrected chi connectivity index (χ1v) is 4.82. The largest absolute Gasteiger partial charge is 0.0840 e. The maximum Gasteiger partial charge on any atom is 0.0441 e. The van der Waals surface area contributed by atoms with Crippen molar-refractivity contribution in [3.05, 3.63) is 58.7 Å². The highest BCUT2D eigenvalue weighted by molar-refractivity contribution is 6.31. The van der Waals surface area contributed by atoms with E-state index in [2.05, 4.69) is 24.3 Å². The Labute approximate surface area is 83.5 Å². The first kappa shape index (κ1) is 8.58. The van der Waals surface area contributed by atoms with Gasteiger partial charge in [0, 0.05) is 5.02 Å². The molecule has 0 atom stereocenters. The summed E-state index contributed by atoms with van der Waals surface area (Å²) in [6, 6.07) is 8.03. The molecule has 0 bridgehead atoms. The summed E-state index contributed by atoms with van der Waals surface area (Å²) in [5.41, 5.74) is 2.66. The van der Waals surface area contributed by atoms with Gasteiger partial charge in [0.1, 0.15) is 0 Å². The SMILES string of the molecule is Clc1ccccc1CC1=CC=CC1. The fraction of sp³-hybridized carbons (Fsp3) is 0.167. The van der Waals surface area contributed by atoms with Gasteiger partial charge in [0.05, 0.1) is 0 Å². The van der Waals surface area contributed by atoms with Gasteiger partial charge in [0.15, 0.2) is 0 Å². The molecule has 0 unspecified atom stereocenters. The van der Waals surface area contributed by atoms with E-state index in [-0.39, 0.29) is 0 Å². The van der Waals surface area contributed by atoms with Crippen molar-refractivity contribution in [2.45, 2.75) is 12.8 Å². The lowest BCUT2D eigenvalue weighted by Crippen LogP contribution is -1.88. The van der Waals surface area contributed by atoms with Crippen LogP contribution in [-0.2, 0) is 6.42 Å². The van der Waals surface area contributed by atoms with Crippen molar-refractivity contribution in [3.63, 3.8) is 0 Å². The summed E-state index contributed by atoms with van der Waals surface area (Å²) in [5.74, 6) is 0. The van der Waals surface area contributed by atoms with Crippen molar-refractivity contribution in [2.75, 3.05) is 0 Å². The Morgan fingerprint density at radius 3 is 2.77 bits per heavy atom. The Balaban J connectivity index is 2.14. The highest BCUT2D eigenvalue weighted by Crippen LogP contribution is 2.22. The first-order chi connectivity index (χ1) is 6.36. The zero-order valence-corrected chi connectivity index (χ0v) is 8.09. The standard InChI is InChI=1S/C12H11Cl/c13-12-8-4-3-7-11(12)9-10-5-1-2-6-10/h1-5,7-8H,6,9H2. The van der Waals surface area contributed by atoms with Crippen LogP contribution in [0, 0.1) is 0 Å². The minimum atomic E-state index is 0.871. The smallest absolute Gasteiger partial charge is 0.0441 e. The average molecular weight is 191 g/mol. The Bertz CT molecular complexity index is 361. The van der Waals surface area contributed by atoms with Gasteiger partial charge in [-0.25, -0.2) is 0 Å². The van der Waals surface area contributed by atoms with E-state index in [1.54, 1.807) is 0 Å². The number of hydrogen-bond acceptors (Lipinski definition) is 0. The van der Waals surface area contributed by atoms with Crippen molar-refractivity contribution in [3.8, 4) is 0 Å². The van der Waals surface area contributed by atoms with Gasteiger partial charge in [0.2, 0.25) is 0 Å². The van der Waals surface area contributed by atoms with Crippen LogP contribution in [0.3, 0.4) is 0 Å². The molecule has 0 saturated heterocycles. The molecule has 1 aliphatic rings. The highest BCUT2D eigenvalue weighted by Gasteiger charge is 2.03. The van der Waals surface area contributed by atoms with E-state index in [4.69, 9.17) is 11.6 Å². The second-order valence-corrected chi connectivity index (χ2v) is 3.63. The lowest BCUT2D eigenvalue weighted by Gasteiger charge is -2.03. The van der Waals surface area contributed by atoms with Crippen molar-refractivity contribution in [2.24, 2.45) is 0 Å². The molecule has 2 rings (SSSR count). The number of allylic oxidation sites excluding steroid dienone is 4. The van der Waals surface area contributed by atoms with Gasteiger partial charge in [-0.1, -0.05) is 53.6 Å². The average Bonchev–Trinajstić information content (AvgIpc) is 2.61. The van der Waals surface area contributed by atoms with E-state index in [1.807, 2.05) is 18.2 Å². The topological polar surface area (TPSA) is 0 Å². The summed E-state index contributed by atoms with van der Waals surface area (Å²) in [6.45, 7) is 0. The third-order valence-corrected chi connectivity index (χ3v) is 2.59. The van der Waals surface area contributed by atoms with E-state index in [1.165, 1.54) is 11.1 Å². The summed E-state index contributed by atoms with van der Waals surface area (Å²) >= 11 is 6.06. The monoisotopic (exact) mass is 190 g/mol. The molecular weight excluding hydrogens is 180 g/mol. The normalized spacial score (nSPS) is 14.7. The van der Waals surface area contributed by atoms with Crippen LogP contribution in [0.25, 0.3) is 0 Å². The van der Waals surface area contributed by atoms with Crippen LogP contribution in [0.2, 0.25) is 5.02 Å². The molecule has 13 heavy (non-hydrogen) atoms. The zero-order valence-electron chi connectivity index (χ0n) is 7.33. The lowest BCUT2D eigenvalue weighted by molar-refractivity contribution is 1.09. The number of halogens is 1. The van der Waals surface area contributed by atoms with Gasteiger partial charge < -0.3 is 0 Å². The van der Waals surface area contributed by atoms with Gasteiger partial charge in [-0.15, -0.1) is 0 Å². The molecule has 1 aliphatic carbocycles. The van der Waals surface area contributed by atoms with Crippen LogP contribution < -0.4 is 0 Å². The summed E-state index contributed by atoms with van der Waals surface area (Å²) in [5, 5.41) is 0.871. The fourth-order valence-electron chi connectivity index (χ4n) is 1.51. The van der Waals surface area contributed by atoms with Crippen LogP contribution in [-0.4, -0.2) is 0 Å². The van der Waals surface area contributed by atoms with Gasteiger partial charge >= 0.3 is 0 Å². The molecule has 0 N–H and O–H groups in total. The molecule has 0 heterocycles. The molecule has 0 aromatic heterocycles. The molecule has 0 amide bonds. The molecule has 1 aromatic rings. The minimum absolute atomic E-state index is 0.871. The molecule has 0 spiro atoms. The molecule has 0 saturated carbocycles. The van der Waals surface area contributed by atoms with Crippen molar-refractivity contribution in [1.29, 1.82) is 0 Å². The number of hydrogen-bond donors (Lipinski definition) is 0. The van der Waals surface area contributed by atoms with Crippen molar-refractivity contribution < 1.29 is 0 Å². The maximum atomic E-state index is 6.06. The first-order valence-electron chi connectivity index (χ1n) is 4.44. The summed E-state index contributed by atoms with van der Waals surface area (Å²) in [6.07, 6.45) is 8.50. The molecule has 0 fully saturated rings. The zero-order chi connectivity index (χ0) is 9.10. The van der Waals surface area contributed by atoms with Crippen molar-refractivity contribution >= 4 is 11.6 Å². The van der Waals surface area contributed by atoms with Crippen LogP contribution in [0.4, 0.5) is 0 Å². The molecule has 66 valence electrons. The van der Waals surface area contributed by atoms with E-state index >= 15 is 0 Å². The predicted octanol–water partition coefficient (Wildman–Crippen LogP) is 3.77. The van der Waals surface area contributed by atoms with Gasteiger partial charge in [-0.05, 0) is 24.5 Å². The summed E-state index contributed by atoms with van der Waals surface area (Å²) in [4.78, 5) is 0. The van der Waals surface area contributed by atoms with E-state index in [0.29, 0.717) is 0 Å². The molecule has 1 heteroatoms. The third kappa shape index (κ3) is 2.02. The third-order valence-electron chi connectivity index (χ3n) is 2.22. The Kier molecular flexibility index (Phi) is 2.51. The second-order valence-electron chi connectivity index (χ2n) is 3.23. The lowest BCUT2D eigenvalue weighted by atomic mass is 10.0. The van der Waals surface area contributed by atoms with Crippen molar-refractivity contribution in [1.82, 2.24) is 0 Å². The maximum absolute atomic E-state index is 6.06. The highest BCUT2D eigenvalue weighted by atomic mass is 35.5. The van der Waals surface area contributed by atoms with E-state index in [9.17, 15) is 0 Å².